The van der Waals surface area contributed by atoms with Gasteiger partial charge in [-0.1, -0.05) is 6.92 Å². The second-order valence-corrected chi connectivity index (χ2v) is 5.83. The summed E-state index contributed by atoms with van der Waals surface area (Å²) in [6.07, 6.45) is 2.60. The number of hydrogen-bond acceptors (Lipinski definition) is 4. The Labute approximate surface area is 99.7 Å². The molecule has 2 atom stereocenters. The molecule has 4 nitrogen and oxygen atoms in total. The fourth-order valence-corrected chi connectivity index (χ4v) is 4.32. The van der Waals surface area contributed by atoms with Crippen molar-refractivity contribution in [2.45, 2.75) is 39.0 Å². The Hall–Kier alpha value is -1.19. The Balaban J connectivity index is 2.22. The van der Waals surface area contributed by atoms with Crippen molar-refractivity contribution in [1.29, 1.82) is 0 Å². The number of ether oxygens (including phenoxy) is 1. The molecule has 3 aliphatic carbocycles. The van der Waals surface area contributed by atoms with E-state index in [4.69, 9.17) is 4.74 Å². The van der Waals surface area contributed by atoms with Crippen molar-refractivity contribution >= 4 is 17.5 Å². The minimum Gasteiger partial charge on any atom is -0.468 e. The summed E-state index contributed by atoms with van der Waals surface area (Å²) < 4.78 is 4.84. The molecule has 2 bridgehead atoms. The predicted octanol–water partition coefficient (Wildman–Crippen LogP) is 1.27. The highest BCUT2D eigenvalue weighted by Gasteiger charge is 2.82. The lowest BCUT2D eigenvalue weighted by Crippen LogP contribution is -2.51. The average molecular weight is 236 g/mol. The van der Waals surface area contributed by atoms with Gasteiger partial charge in [-0.05, 0) is 19.3 Å². The quantitative estimate of drug-likeness (QED) is 0.508. The Kier molecular flexibility index (Phi) is 1.80. The van der Waals surface area contributed by atoms with Crippen LogP contribution in [0.15, 0.2) is 0 Å². The van der Waals surface area contributed by atoms with E-state index in [1.165, 1.54) is 7.11 Å². The Morgan fingerprint density at radius 2 is 1.82 bits per heavy atom. The molecule has 0 amide bonds. The fraction of sp³-hybridized carbons (Fsp3) is 0.769. The highest BCUT2D eigenvalue weighted by Crippen LogP contribution is 2.78. The number of carbonyl (C=O) groups excluding carboxylic acids is 3. The number of carbonyl (C=O) groups is 3. The summed E-state index contributed by atoms with van der Waals surface area (Å²) in [5.41, 5.74) is -2.04. The van der Waals surface area contributed by atoms with Crippen molar-refractivity contribution in [3.05, 3.63) is 0 Å². The van der Waals surface area contributed by atoms with E-state index in [-0.39, 0.29) is 18.0 Å². The highest BCUT2D eigenvalue weighted by molar-refractivity contribution is 6.14. The van der Waals surface area contributed by atoms with Crippen LogP contribution in [0.4, 0.5) is 0 Å². The van der Waals surface area contributed by atoms with E-state index in [2.05, 4.69) is 0 Å². The molecule has 0 aromatic carbocycles. The molecule has 0 N–H and O–H groups in total. The van der Waals surface area contributed by atoms with E-state index in [1.807, 2.05) is 6.92 Å². The van der Waals surface area contributed by atoms with E-state index in [0.29, 0.717) is 12.8 Å². The lowest BCUT2D eigenvalue weighted by Gasteiger charge is -2.42. The third-order valence-electron chi connectivity index (χ3n) is 5.53. The van der Waals surface area contributed by atoms with Crippen LogP contribution in [-0.4, -0.2) is 24.6 Å². The first-order valence-corrected chi connectivity index (χ1v) is 6.10. The van der Waals surface area contributed by atoms with Gasteiger partial charge in [0.2, 0.25) is 0 Å². The van der Waals surface area contributed by atoms with Crippen molar-refractivity contribution in [2.75, 3.05) is 7.11 Å². The smallest absolute Gasteiger partial charge is 0.320 e. The minimum absolute atomic E-state index is 0.0645. The Bertz CT molecular complexity index is 438. The number of hydrogen-bond donors (Lipinski definition) is 0. The summed E-state index contributed by atoms with van der Waals surface area (Å²) >= 11 is 0. The summed E-state index contributed by atoms with van der Waals surface area (Å²) in [5, 5.41) is 0. The molecule has 3 rings (SSSR count). The molecular weight excluding hydrogens is 220 g/mol. The molecule has 0 aromatic heterocycles. The fourth-order valence-electron chi connectivity index (χ4n) is 4.32. The average Bonchev–Trinajstić information content (AvgIpc) is 3.08. The first-order valence-electron chi connectivity index (χ1n) is 6.10. The van der Waals surface area contributed by atoms with Crippen LogP contribution >= 0.6 is 0 Å². The number of ketones is 2. The number of esters is 1. The standard InChI is InChI=1S/C13H16O4/c1-11-4-3-8(14)13(7-9(11)15,10(16)17-2)12(11)5-6-12/h3-7H2,1-2H3/t11-,13-/m0/s1. The second-order valence-electron chi connectivity index (χ2n) is 5.83. The lowest BCUT2D eigenvalue weighted by molar-refractivity contribution is -0.167. The van der Waals surface area contributed by atoms with Gasteiger partial charge in [0.15, 0.2) is 5.78 Å². The SMILES string of the molecule is COC(=O)[C@]12CC(=O)[C@](C)(CCC1=O)C21CC1. The summed E-state index contributed by atoms with van der Waals surface area (Å²) in [7, 11) is 1.30. The zero-order valence-corrected chi connectivity index (χ0v) is 10.2. The highest BCUT2D eigenvalue weighted by atomic mass is 16.5. The molecule has 0 radical (unpaired) electrons. The summed E-state index contributed by atoms with van der Waals surface area (Å²) in [5.74, 6) is -0.492. The number of Topliss-reactive ketones (excluding diaryl/α,β-unsaturated/α-hetero) is 2. The molecule has 1 spiro atoms. The van der Waals surface area contributed by atoms with Gasteiger partial charge in [-0.15, -0.1) is 0 Å². The Morgan fingerprint density at radius 3 is 2.35 bits per heavy atom. The number of rotatable bonds is 1. The van der Waals surface area contributed by atoms with Crippen LogP contribution in [0.2, 0.25) is 0 Å². The van der Waals surface area contributed by atoms with Crippen molar-refractivity contribution in [1.82, 2.24) is 0 Å². The predicted molar refractivity (Wildman–Crippen MR) is 58.1 cm³/mol. The van der Waals surface area contributed by atoms with E-state index in [0.717, 1.165) is 12.8 Å². The van der Waals surface area contributed by atoms with Gasteiger partial charge in [-0.2, -0.15) is 0 Å². The molecule has 3 aliphatic rings. The molecule has 0 saturated heterocycles. The summed E-state index contributed by atoms with van der Waals surface area (Å²) in [4.78, 5) is 36.6. The normalized spacial score (nSPS) is 41.8. The third-order valence-corrected chi connectivity index (χ3v) is 5.53. The molecule has 0 aromatic rings. The maximum absolute atomic E-state index is 12.3. The van der Waals surface area contributed by atoms with E-state index < -0.39 is 22.2 Å². The van der Waals surface area contributed by atoms with Crippen LogP contribution in [0.25, 0.3) is 0 Å². The van der Waals surface area contributed by atoms with Gasteiger partial charge in [-0.3, -0.25) is 14.4 Å². The van der Waals surface area contributed by atoms with Gasteiger partial charge in [0.25, 0.3) is 0 Å². The third kappa shape index (κ3) is 0.871. The summed E-state index contributed by atoms with van der Waals surface area (Å²) in [6.45, 7) is 1.93. The zero-order valence-electron chi connectivity index (χ0n) is 10.2. The molecule has 0 aliphatic heterocycles. The lowest BCUT2D eigenvalue weighted by atomic mass is 9.57. The second kappa shape index (κ2) is 2.79. The zero-order chi connectivity index (χ0) is 12.5. The van der Waals surface area contributed by atoms with Crippen molar-refractivity contribution in [3.63, 3.8) is 0 Å². The van der Waals surface area contributed by atoms with Gasteiger partial charge < -0.3 is 4.74 Å². The van der Waals surface area contributed by atoms with Gasteiger partial charge in [0.05, 0.1) is 7.11 Å². The molecule has 3 fully saturated rings. The van der Waals surface area contributed by atoms with Gasteiger partial charge in [-0.25, -0.2) is 0 Å². The largest absolute Gasteiger partial charge is 0.468 e. The van der Waals surface area contributed by atoms with Gasteiger partial charge in [0.1, 0.15) is 11.2 Å². The van der Waals surface area contributed by atoms with Crippen LogP contribution in [0, 0.1) is 16.2 Å². The van der Waals surface area contributed by atoms with E-state index >= 15 is 0 Å². The van der Waals surface area contributed by atoms with Crippen LogP contribution in [0.1, 0.15) is 39.0 Å². The van der Waals surface area contributed by atoms with Crippen LogP contribution in [0.3, 0.4) is 0 Å². The van der Waals surface area contributed by atoms with Crippen LogP contribution in [-0.2, 0) is 19.1 Å². The molecule has 92 valence electrons. The van der Waals surface area contributed by atoms with Gasteiger partial charge >= 0.3 is 5.97 Å². The first-order chi connectivity index (χ1) is 7.94. The molecule has 3 saturated carbocycles. The van der Waals surface area contributed by atoms with Crippen molar-refractivity contribution in [3.8, 4) is 0 Å². The van der Waals surface area contributed by atoms with Gasteiger partial charge in [0, 0.05) is 23.7 Å². The molecule has 0 unspecified atom stereocenters. The van der Waals surface area contributed by atoms with E-state index in [1.54, 1.807) is 0 Å². The summed E-state index contributed by atoms with van der Waals surface area (Å²) in [6, 6.07) is 0. The molecular formula is C13H16O4. The molecule has 17 heavy (non-hydrogen) atoms. The molecule has 0 heterocycles. The maximum atomic E-state index is 12.3. The number of methoxy groups -OCH3 is 1. The monoisotopic (exact) mass is 236 g/mol. The van der Waals surface area contributed by atoms with Crippen LogP contribution < -0.4 is 0 Å². The van der Waals surface area contributed by atoms with E-state index in [9.17, 15) is 14.4 Å². The Morgan fingerprint density at radius 1 is 1.18 bits per heavy atom. The maximum Gasteiger partial charge on any atom is 0.320 e. The first kappa shape index (κ1) is 10.9. The van der Waals surface area contributed by atoms with Crippen molar-refractivity contribution in [2.24, 2.45) is 16.2 Å². The topological polar surface area (TPSA) is 60.4 Å². The molecule has 4 heteroatoms. The minimum atomic E-state index is -1.15. The van der Waals surface area contributed by atoms with Crippen molar-refractivity contribution < 1.29 is 19.1 Å². The van der Waals surface area contributed by atoms with Crippen LogP contribution in [0.5, 0.6) is 0 Å².